The van der Waals surface area contributed by atoms with E-state index in [1.807, 2.05) is 25.1 Å². The summed E-state index contributed by atoms with van der Waals surface area (Å²) >= 11 is 0. The molecule has 0 saturated carbocycles. The minimum atomic E-state index is -3.36. The summed E-state index contributed by atoms with van der Waals surface area (Å²) in [6.45, 7) is 4.53. The third-order valence-corrected chi connectivity index (χ3v) is 6.87. The van der Waals surface area contributed by atoms with Crippen LogP contribution in [0.5, 0.6) is 0 Å². The Labute approximate surface area is 170 Å². The average molecular weight is 419 g/mol. The van der Waals surface area contributed by atoms with Crippen molar-refractivity contribution in [3.05, 3.63) is 64.1 Å². The highest BCUT2D eigenvalue weighted by Gasteiger charge is 2.26. The lowest BCUT2D eigenvalue weighted by Crippen LogP contribution is -2.49. The molecule has 1 saturated heterocycles. The maximum Gasteiger partial charge on any atom is 0.252 e. The van der Waals surface area contributed by atoms with Crippen molar-refractivity contribution in [1.29, 1.82) is 0 Å². The first-order chi connectivity index (χ1) is 13.8. The summed E-state index contributed by atoms with van der Waals surface area (Å²) in [5.74, 6) is -0.353. The standard InChI is InChI=1S/C20H26N4O4S/c1-16-4-2-5-18(14-16)23-9-11-24(12-10-23)29(27,28)13-3-8-21-20(26)17-6-7-19(25)22-15-17/h2,4-7,14-15H,3,8-13H2,1H3,(H,21,26)(H,22,25). The van der Waals surface area contributed by atoms with Crippen LogP contribution in [0.25, 0.3) is 0 Å². The van der Waals surface area contributed by atoms with Crippen LogP contribution in [0, 0.1) is 6.92 Å². The Morgan fingerprint density at radius 3 is 2.55 bits per heavy atom. The molecular weight excluding hydrogens is 392 g/mol. The molecule has 156 valence electrons. The number of aromatic amines is 1. The van der Waals surface area contributed by atoms with E-state index in [-0.39, 0.29) is 23.8 Å². The molecule has 1 aromatic heterocycles. The molecule has 3 rings (SSSR count). The molecule has 0 bridgehead atoms. The van der Waals surface area contributed by atoms with E-state index in [4.69, 9.17) is 0 Å². The van der Waals surface area contributed by atoms with E-state index in [2.05, 4.69) is 21.3 Å². The molecule has 9 heteroatoms. The topological polar surface area (TPSA) is 103 Å². The number of hydrogen-bond donors (Lipinski definition) is 2. The lowest BCUT2D eigenvalue weighted by atomic mass is 10.2. The minimum Gasteiger partial charge on any atom is -0.369 e. The van der Waals surface area contributed by atoms with E-state index in [9.17, 15) is 18.0 Å². The van der Waals surface area contributed by atoms with Crippen LogP contribution in [-0.4, -0.2) is 62.1 Å². The van der Waals surface area contributed by atoms with E-state index in [0.717, 1.165) is 5.69 Å². The molecule has 1 amide bonds. The Hall–Kier alpha value is -2.65. The van der Waals surface area contributed by atoms with Crippen LogP contribution in [-0.2, 0) is 10.0 Å². The number of benzene rings is 1. The zero-order valence-electron chi connectivity index (χ0n) is 16.4. The number of hydrogen-bond acceptors (Lipinski definition) is 5. The number of carbonyl (C=O) groups is 1. The molecule has 0 spiro atoms. The van der Waals surface area contributed by atoms with Crippen LogP contribution in [0.2, 0.25) is 0 Å². The second-order valence-corrected chi connectivity index (χ2v) is 9.18. The van der Waals surface area contributed by atoms with Gasteiger partial charge in [-0.05, 0) is 37.1 Å². The Kier molecular flexibility index (Phi) is 6.71. The number of amides is 1. The second kappa shape index (κ2) is 9.23. The van der Waals surface area contributed by atoms with Crippen LogP contribution in [0.15, 0.2) is 47.4 Å². The van der Waals surface area contributed by atoms with Gasteiger partial charge in [-0.3, -0.25) is 9.59 Å². The van der Waals surface area contributed by atoms with Gasteiger partial charge >= 0.3 is 0 Å². The SMILES string of the molecule is Cc1cccc(N2CCN(S(=O)(=O)CCCNC(=O)c3ccc(=O)[nH]c3)CC2)c1. The van der Waals surface area contributed by atoms with Crippen molar-refractivity contribution < 1.29 is 13.2 Å². The molecule has 2 aromatic rings. The normalized spacial score (nSPS) is 15.3. The van der Waals surface area contributed by atoms with E-state index >= 15 is 0 Å². The summed E-state index contributed by atoms with van der Waals surface area (Å²) in [7, 11) is -3.36. The highest BCUT2D eigenvalue weighted by atomic mass is 32.2. The fourth-order valence-corrected chi connectivity index (χ4v) is 4.78. The van der Waals surface area contributed by atoms with Gasteiger partial charge in [0, 0.05) is 50.7 Å². The number of aromatic nitrogens is 1. The molecule has 0 unspecified atom stereocenters. The third kappa shape index (κ3) is 5.68. The lowest BCUT2D eigenvalue weighted by molar-refractivity contribution is 0.0953. The van der Waals surface area contributed by atoms with Gasteiger partial charge in [0.25, 0.3) is 5.91 Å². The molecule has 1 aromatic carbocycles. The van der Waals surface area contributed by atoms with Crippen LogP contribution in [0.1, 0.15) is 22.3 Å². The van der Waals surface area contributed by atoms with Gasteiger partial charge in [0.1, 0.15) is 0 Å². The van der Waals surface area contributed by atoms with Crippen molar-refractivity contribution in [2.45, 2.75) is 13.3 Å². The van der Waals surface area contributed by atoms with Gasteiger partial charge in [0.05, 0.1) is 11.3 Å². The smallest absolute Gasteiger partial charge is 0.252 e. The van der Waals surface area contributed by atoms with Gasteiger partial charge < -0.3 is 15.2 Å². The van der Waals surface area contributed by atoms with Crippen LogP contribution < -0.4 is 15.8 Å². The highest BCUT2D eigenvalue weighted by Crippen LogP contribution is 2.19. The molecule has 1 aliphatic rings. The maximum absolute atomic E-state index is 12.6. The fourth-order valence-electron chi connectivity index (χ4n) is 3.29. The molecule has 0 atom stereocenters. The van der Waals surface area contributed by atoms with E-state index in [0.29, 0.717) is 38.2 Å². The van der Waals surface area contributed by atoms with Crippen LogP contribution >= 0.6 is 0 Å². The Bertz CT molecular complexity index is 991. The first-order valence-corrected chi connectivity index (χ1v) is 11.2. The first-order valence-electron chi connectivity index (χ1n) is 9.61. The molecule has 1 aliphatic heterocycles. The zero-order valence-corrected chi connectivity index (χ0v) is 17.2. The maximum atomic E-state index is 12.6. The number of H-pyrrole nitrogens is 1. The average Bonchev–Trinajstić information content (AvgIpc) is 2.72. The van der Waals surface area contributed by atoms with Crippen molar-refractivity contribution in [2.24, 2.45) is 0 Å². The van der Waals surface area contributed by atoms with Gasteiger partial charge in [-0.25, -0.2) is 8.42 Å². The summed E-state index contributed by atoms with van der Waals surface area (Å²) in [6, 6.07) is 10.9. The van der Waals surface area contributed by atoms with Crippen LogP contribution in [0.4, 0.5) is 5.69 Å². The Balaban J connectivity index is 1.44. The minimum absolute atomic E-state index is 0.0106. The summed E-state index contributed by atoms with van der Waals surface area (Å²) in [5, 5.41) is 2.68. The van der Waals surface area contributed by atoms with Crippen molar-refractivity contribution in [3.63, 3.8) is 0 Å². The molecule has 0 radical (unpaired) electrons. The number of rotatable bonds is 7. The quantitative estimate of drug-likeness (QED) is 0.652. The zero-order chi connectivity index (χ0) is 20.9. The Morgan fingerprint density at radius 2 is 1.90 bits per heavy atom. The number of pyridine rings is 1. The van der Waals surface area contributed by atoms with Gasteiger partial charge in [-0.1, -0.05) is 12.1 Å². The molecule has 0 aliphatic carbocycles. The van der Waals surface area contributed by atoms with E-state index < -0.39 is 10.0 Å². The molecule has 1 fully saturated rings. The fraction of sp³-hybridized carbons (Fsp3) is 0.400. The predicted octanol–water partition coefficient (Wildman–Crippen LogP) is 0.955. The molecular formula is C20H26N4O4S. The largest absolute Gasteiger partial charge is 0.369 e. The monoisotopic (exact) mass is 418 g/mol. The van der Waals surface area contributed by atoms with Crippen molar-refractivity contribution >= 4 is 21.6 Å². The second-order valence-electron chi connectivity index (χ2n) is 7.09. The predicted molar refractivity (Wildman–Crippen MR) is 113 cm³/mol. The highest BCUT2D eigenvalue weighted by molar-refractivity contribution is 7.89. The summed E-state index contributed by atoms with van der Waals surface area (Å²) in [4.78, 5) is 27.6. The number of sulfonamides is 1. The van der Waals surface area contributed by atoms with E-state index in [1.54, 1.807) is 0 Å². The number of piperazine rings is 1. The van der Waals surface area contributed by atoms with Gasteiger partial charge in [0.2, 0.25) is 15.6 Å². The van der Waals surface area contributed by atoms with Crippen molar-refractivity contribution in [1.82, 2.24) is 14.6 Å². The van der Waals surface area contributed by atoms with E-state index in [1.165, 1.54) is 28.2 Å². The van der Waals surface area contributed by atoms with Crippen molar-refractivity contribution in [3.8, 4) is 0 Å². The number of aryl methyl sites for hydroxylation is 1. The Morgan fingerprint density at radius 1 is 1.14 bits per heavy atom. The summed E-state index contributed by atoms with van der Waals surface area (Å²) in [5.41, 5.74) is 2.35. The van der Waals surface area contributed by atoms with Crippen LogP contribution in [0.3, 0.4) is 0 Å². The molecule has 8 nitrogen and oxygen atoms in total. The number of anilines is 1. The molecule has 2 heterocycles. The first kappa shape index (κ1) is 21.1. The van der Waals surface area contributed by atoms with Gasteiger partial charge in [-0.15, -0.1) is 0 Å². The number of nitrogens with zero attached hydrogens (tertiary/aromatic N) is 2. The van der Waals surface area contributed by atoms with Gasteiger partial charge in [0.15, 0.2) is 0 Å². The number of carbonyl (C=O) groups excluding carboxylic acids is 1. The lowest BCUT2D eigenvalue weighted by Gasteiger charge is -2.35. The van der Waals surface area contributed by atoms with Crippen molar-refractivity contribution in [2.75, 3.05) is 43.4 Å². The summed E-state index contributed by atoms with van der Waals surface area (Å²) in [6.07, 6.45) is 1.66. The third-order valence-electron chi connectivity index (χ3n) is 4.91. The molecule has 2 N–H and O–H groups in total. The summed E-state index contributed by atoms with van der Waals surface area (Å²) < 4.78 is 26.7. The molecule has 29 heavy (non-hydrogen) atoms. The van der Waals surface area contributed by atoms with Gasteiger partial charge in [-0.2, -0.15) is 4.31 Å². The number of nitrogens with one attached hydrogen (secondary N) is 2.